The lowest BCUT2D eigenvalue weighted by Gasteiger charge is -2.34. The van der Waals surface area contributed by atoms with Crippen LogP contribution in [0.4, 0.5) is 0 Å². The zero-order valence-corrected chi connectivity index (χ0v) is 11.3. The number of hydrogen-bond donors (Lipinski definition) is 2. The molecule has 0 radical (unpaired) electrons. The minimum Gasteiger partial charge on any atom is -0.355 e. The van der Waals surface area contributed by atoms with Crippen molar-refractivity contribution in [2.45, 2.75) is 45.6 Å². The first-order valence-corrected chi connectivity index (χ1v) is 6.99. The van der Waals surface area contributed by atoms with Crippen molar-refractivity contribution in [2.75, 3.05) is 32.7 Å². The molecule has 0 unspecified atom stereocenters. The second-order valence-corrected chi connectivity index (χ2v) is 4.80. The Morgan fingerprint density at radius 2 is 2.00 bits per heavy atom. The van der Waals surface area contributed by atoms with Crippen LogP contribution in [-0.4, -0.2) is 49.6 Å². The molecule has 1 fully saturated rings. The molecule has 4 nitrogen and oxygen atoms in total. The highest BCUT2D eigenvalue weighted by atomic mass is 16.2. The second-order valence-electron chi connectivity index (χ2n) is 4.80. The third-order valence-electron chi connectivity index (χ3n) is 3.25. The fourth-order valence-electron chi connectivity index (χ4n) is 2.35. The lowest BCUT2D eigenvalue weighted by atomic mass is 10.0. The van der Waals surface area contributed by atoms with Crippen LogP contribution in [0.5, 0.6) is 0 Å². The quantitative estimate of drug-likeness (QED) is 0.698. The van der Waals surface area contributed by atoms with E-state index in [1.54, 1.807) is 0 Å². The molecule has 1 rings (SSSR count). The van der Waals surface area contributed by atoms with Gasteiger partial charge in [0.25, 0.3) is 0 Å². The van der Waals surface area contributed by atoms with E-state index in [0.29, 0.717) is 12.6 Å². The summed E-state index contributed by atoms with van der Waals surface area (Å²) in [5, 5.41) is 6.34. The number of hydrogen-bond acceptors (Lipinski definition) is 3. The summed E-state index contributed by atoms with van der Waals surface area (Å²) in [4.78, 5) is 14.1. The van der Waals surface area contributed by atoms with Gasteiger partial charge in [0.2, 0.25) is 5.91 Å². The van der Waals surface area contributed by atoms with E-state index in [-0.39, 0.29) is 5.91 Å². The molecule has 0 aliphatic carbocycles. The van der Waals surface area contributed by atoms with Gasteiger partial charge >= 0.3 is 0 Å². The first-order chi connectivity index (χ1) is 8.27. The highest BCUT2D eigenvalue weighted by Crippen LogP contribution is 2.11. The highest BCUT2D eigenvalue weighted by molar-refractivity contribution is 5.78. The van der Waals surface area contributed by atoms with Gasteiger partial charge in [-0.3, -0.25) is 9.69 Å². The van der Waals surface area contributed by atoms with Crippen molar-refractivity contribution in [2.24, 2.45) is 0 Å². The minimum atomic E-state index is 0.179. The largest absolute Gasteiger partial charge is 0.355 e. The van der Waals surface area contributed by atoms with E-state index in [9.17, 15) is 4.79 Å². The number of nitrogens with one attached hydrogen (secondary N) is 2. The second kappa shape index (κ2) is 8.48. The Balaban J connectivity index is 2.38. The van der Waals surface area contributed by atoms with Crippen molar-refractivity contribution in [3.05, 3.63) is 0 Å². The number of carbonyl (C=O) groups excluding carboxylic acids is 1. The summed E-state index contributed by atoms with van der Waals surface area (Å²) in [6.07, 6.45) is 4.46. The zero-order chi connectivity index (χ0) is 12.5. The van der Waals surface area contributed by atoms with E-state index < -0.39 is 0 Å². The lowest BCUT2D eigenvalue weighted by molar-refractivity contribution is -0.122. The van der Waals surface area contributed by atoms with Gasteiger partial charge < -0.3 is 10.6 Å². The van der Waals surface area contributed by atoms with Crippen molar-refractivity contribution in [3.63, 3.8) is 0 Å². The van der Waals surface area contributed by atoms with Crippen LogP contribution in [0.1, 0.15) is 39.5 Å². The van der Waals surface area contributed by atoms with E-state index in [4.69, 9.17) is 0 Å². The fraction of sp³-hybridized carbons (Fsp3) is 0.923. The fourth-order valence-corrected chi connectivity index (χ4v) is 2.35. The van der Waals surface area contributed by atoms with E-state index >= 15 is 0 Å². The van der Waals surface area contributed by atoms with Crippen LogP contribution in [0, 0.1) is 0 Å². The Morgan fingerprint density at radius 1 is 1.29 bits per heavy atom. The van der Waals surface area contributed by atoms with E-state index in [0.717, 1.165) is 39.0 Å². The van der Waals surface area contributed by atoms with E-state index in [1.165, 1.54) is 12.8 Å². The molecule has 17 heavy (non-hydrogen) atoms. The van der Waals surface area contributed by atoms with Gasteiger partial charge in [0, 0.05) is 12.6 Å². The standard InChI is InChI=1S/C13H27N3O/c1-3-7-15-13(17)11-16(10-4-2)12-5-8-14-9-6-12/h12,14H,3-11H2,1-2H3,(H,15,17). The lowest BCUT2D eigenvalue weighted by Crippen LogP contribution is -2.47. The molecule has 4 heteroatoms. The molecule has 1 saturated heterocycles. The Morgan fingerprint density at radius 3 is 2.59 bits per heavy atom. The van der Waals surface area contributed by atoms with Crippen LogP contribution in [0.15, 0.2) is 0 Å². The first kappa shape index (κ1) is 14.5. The summed E-state index contributed by atoms with van der Waals surface area (Å²) in [6.45, 7) is 8.82. The number of amides is 1. The molecule has 0 bridgehead atoms. The maximum Gasteiger partial charge on any atom is 0.234 e. The Kier molecular flexibility index (Phi) is 7.21. The maximum absolute atomic E-state index is 11.8. The van der Waals surface area contributed by atoms with Crippen LogP contribution in [0.3, 0.4) is 0 Å². The molecule has 1 heterocycles. The van der Waals surface area contributed by atoms with Crippen molar-refractivity contribution in [1.29, 1.82) is 0 Å². The molecule has 100 valence electrons. The van der Waals surface area contributed by atoms with Gasteiger partial charge in [0.15, 0.2) is 0 Å². The van der Waals surface area contributed by atoms with Crippen molar-refractivity contribution < 1.29 is 4.79 Å². The smallest absolute Gasteiger partial charge is 0.234 e. The summed E-state index contributed by atoms with van der Waals surface area (Å²) in [7, 11) is 0. The molecule has 2 N–H and O–H groups in total. The van der Waals surface area contributed by atoms with Crippen LogP contribution in [0.25, 0.3) is 0 Å². The summed E-state index contributed by atoms with van der Waals surface area (Å²) < 4.78 is 0. The maximum atomic E-state index is 11.8. The predicted molar refractivity (Wildman–Crippen MR) is 71.1 cm³/mol. The van der Waals surface area contributed by atoms with Gasteiger partial charge in [0.1, 0.15) is 0 Å². The number of rotatable bonds is 7. The van der Waals surface area contributed by atoms with E-state index in [2.05, 4.69) is 29.4 Å². The SMILES string of the molecule is CCCNC(=O)CN(CCC)C1CCNCC1. The van der Waals surface area contributed by atoms with Crippen molar-refractivity contribution in [3.8, 4) is 0 Å². The molecule has 1 amide bonds. The number of carbonyl (C=O) groups is 1. The average molecular weight is 241 g/mol. The van der Waals surface area contributed by atoms with Gasteiger partial charge in [0.05, 0.1) is 6.54 Å². The van der Waals surface area contributed by atoms with Gasteiger partial charge in [-0.05, 0) is 45.3 Å². The molecular weight excluding hydrogens is 214 g/mol. The van der Waals surface area contributed by atoms with Gasteiger partial charge in [-0.25, -0.2) is 0 Å². The van der Waals surface area contributed by atoms with Crippen LogP contribution in [-0.2, 0) is 4.79 Å². The Bertz CT molecular complexity index is 215. The molecule has 0 saturated carbocycles. The van der Waals surface area contributed by atoms with Crippen LogP contribution in [0.2, 0.25) is 0 Å². The molecular formula is C13H27N3O. The zero-order valence-electron chi connectivity index (χ0n) is 11.3. The van der Waals surface area contributed by atoms with Crippen LogP contribution >= 0.6 is 0 Å². The van der Waals surface area contributed by atoms with Crippen molar-refractivity contribution in [1.82, 2.24) is 15.5 Å². The predicted octanol–water partition coefficient (Wildman–Crippen LogP) is 0.977. The Labute approximate surface area is 105 Å². The summed E-state index contributed by atoms with van der Waals surface area (Å²) in [5.74, 6) is 0.179. The molecule has 0 aromatic carbocycles. The molecule has 0 spiro atoms. The summed E-state index contributed by atoms with van der Waals surface area (Å²) in [5.41, 5.74) is 0. The number of piperidine rings is 1. The van der Waals surface area contributed by atoms with E-state index in [1.807, 2.05) is 0 Å². The molecule has 1 aliphatic rings. The minimum absolute atomic E-state index is 0.179. The topological polar surface area (TPSA) is 44.4 Å². The van der Waals surface area contributed by atoms with Crippen molar-refractivity contribution >= 4 is 5.91 Å². The summed E-state index contributed by atoms with van der Waals surface area (Å²) in [6, 6.07) is 0.587. The monoisotopic (exact) mass is 241 g/mol. The van der Waals surface area contributed by atoms with Crippen LogP contribution < -0.4 is 10.6 Å². The molecule has 0 atom stereocenters. The van der Waals surface area contributed by atoms with Gasteiger partial charge in [-0.15, -0.1) is 0 Å². The molecule has 1 aliphatic heterocycles. The summed E-state index contributed by atoms with van der Waals surface area (Å²) >= 11 is 0. The first-order valence-electron chi connectivity index (χ1n) is 6.99. The number of nitrogens with zero attached hydrogens (tertiary/aromatic N) is 1. The third kappa shape index (κ3) is 5.50. The molecule has 0 aromatic rings. The Hall–Kier alpha value is -0.610. The molecule has 0 aromatic heterocycles. The third-order valence-corrected chi connectivity index (χ3v) is 3.25. The van der Waals surface area contributed by atoms with Gasteiger partial charge in [-0.2, -0.15) is 0 Å². The normalized spacial score (nSPS) is 17.4. The highest BCUT2D eigenvalue weighted by Gasteiger charge is 2.21. The van der Waals surface area contributed by atoms with Gasteiger partial charge in [-0.1, -0.05) is 13.8 Å². The average Bonchev–Trinajstić information content (AvgIpc) is 2.37.